The smallest absolute Gasteiger partial charge is 0.274 e. The van der Waals surface area contributed by atoms with E-state index in [2.05, 4.69) is 15.6 Å². The molecule has 0 unspecified atom stereocenters. The highest BCUT2D eigenvalue weighted by Crippen LogP contribution is 2.16. The van der Waals surface area contributed by atoms with Crippen LogP contribution >= 0.6 is 0 Å². The lowest BCUT2D eigenvalue weighted by atomic mass is 10.2. The highest BCUT2D eigenvalue weighted by molar-refractivity contribution is 6.03. The van der Waals surface area contributed by atoms with Gasteiger partial charge in [-0.25, -0.2) is 9.37 Å². The number of pyridine rings is 1. The summed E-state index contributed by atoms with van der Waals surface area (Å²) in [6.45, 7) is 0.315. The van der Waals surface area contributed by atoms with E-state index in [0.29, 0.717) is 29.0 Å². The summed E-state index contributed by atoms with van der Waals surface area (Å²) in [4.78, 5) is 16.4. The van der Waals surface area contributed by atoms with E-state index in [9.17, 15) is 9.18 Å². The summed E-state index contributed by atoms with van der Waals surface area (Å²) in [5, 5.41) is 14.8. The summed E-state index contributed by atoms with van der Waals surface area (Å²) in [5.41, 5.74) is 2.24. The summed E-state index contributed by atoms with van der Waals surface area (Å²) in [5.74, 6) is -0.687. The number of nitrogens with zero attached hydrogens (tertiary/aromatic N) is 2. The number of halogens is 1. The topological polar surface area (TPSA) is 77.8 Å². The van der Waals surface area contributed by atoms with Gasteiger partial charge in [-0.2, -0.15) is 5.26 Å². The summed E-state index contributed by atoms with van der Waals surface area (Å²) in [7, 11) is 0. The molecule has 2 N–H and O–H groups in total. The molecule has 0 bridgehead atoms. The van der Waals surface area contributed by atoms with Gasteiger partial charge >= 0.3 is 0 Å². The number of anilines is 2. The van der Waals surface area contributed by atoms with Gasteiger partial charge in [0.1, 0.15) is 17.6 Å². The van der Waals surface area contributed by atoms with E-state index >= 15 is 0 Å². The first-order valence-corrected chi connectivity index (χ1v) is 7.91. The van der Waals surface area contributed by atoms with Crippen LogP contribution in [0.15, 0.2) is 66.9 Å². The van der Waals surface area contributed by atoms with Crippen molar-refractivity contribution in [1.82, 2.24) is 4.98 Å². The van der Waals surface area contributed by atoms with E-state index in [1.54, 1.807) is 54.6 Å². The number of para-hydroxylation sites is 1. The van der Waals surface area contributed by atoms with Crippen LogP contribution in [0.2, 0.25) is 0 Å². The predicted octanol–water partition coefficient (Wildman–Crippen LogP) is 3.96. The Bertz CT molecular complexity index is 964. The standard InChI is InChI=1S/C20H15FN4O/c21-17-7-3-1-6-15(17)12-23-16-9-10-19(24-13-16)20(26)25-18-8-4-2-5-14(18)11-22/h1-10,13,23H,12H2,(H,25,26). The van der Waals surface area contributed by atoms with Crippen molar-refractivity contribution in [2.45, 2.75) is 6.54 Å². The van der Waals surface area contributed by atoms with Crippen LogP contribution in [0.3, 0.4) is 0 Å². The predicted molar refractivity (Wildman–Crippen MR) is 97.1 cm³/mol. The van der Waals surface area contributed by atoms with Gasteiger partial charge < -0.3 is 10.6 Å². The number of benzene rings is 2. The van der Waals surface area contributed by atoms with Crippen molar-refractivity contribution in [3.63, 3.8) is 0 Å². The first kappa shape index (κ1) is 17.1. The van der Waals surface area contributed by atoms with Gasteiger partial charge in [-0.05, 0) is 30.3 Å². The maximum Gasteiger partial charge on any atom is 0.274 e. The monoisotopic (exact) mass is 346 g/mol. The van der Waals surface area contributed by atoms with Crippen LogP contribution in [0.1, 0.15) is 21.6 Å². The van der Waals surface area contributed by atoms with Crippen LogP contribution in [0, 0.1) is 17.1 Å². The quantitative estimate of drug-likeness (QED) is 0.733. The molecule has 0 aliphatic carbocycles. The number of nitriles is 1. The van der Waals surface area contributed by atoms with E-state index < -0.39 is 5.91 Å². The second kappa shape index (κ2) is 7.90. The fourth-order valence-electron chi connectivity index (χ4n) is 2.35. The summed E-state index contributed by atoms with van der Waals surface area (Å²) in [6.07, 6.45) is 1.51. The Kier molecular flexibility index (Phi) is 5.20. The van der Waals surface area contributed by atoms with Crippen molar-refractivity contribution in [3.05, 3.63) is 89.5 Å². The number of nitrogens with one attached hydrogen (secondary N) is 2. The Balaban J connectivity index is 1.65. The molecule has 1 heterocycles. The molecule has 5 nitrogen and oxygen atoms in total. The fraction of sp³-hybridized carbons (Fsp3) is 0.0500. The zero-order valence-electron chi connectivity index (χ0n) is 13.7. The minimum atomic E-state index is -0.409. The first-order valence-electron chi connectivity index (χ1n) is 7.91. The van der Waals surface area contributed by atoms with Gasteiger partial charge in [0.05, 0.1) is 23.1 Å². The second-order valence-corrected chi connectivity index (χ2v) is 5.49. The Labute approximate surface area is 150 Å². The number of hydrogen-bond acceptors (Lipinski definition) is 4. The molecule has 0 saturated carbocycles. The average molecular weight is 346 g/mol. The number of amides is 1. The zero-order valence-corrected chi connectivity index (χ0v) is 13.7. The minimum Gasteiger partial charge on any atom is -0.380 e. The highest BCUT2D eigenvalue weighted by atomic mass is 19.1. The molecule has 128 valence electrons. The lowest BCUT2D eigenvalue weighted by Crippen LogP contribution is -2.14. The molecule has 2 aromatic carbocycles. The molecule has 1 aromatic heterocycles. The molecule has 1 amide bonds. The molecule has 0 atom stereocenters. The minimum absolute atomic E-state index is 0.217. The molecule has 0 fully saturated rings. The fourth-order valence-corrected chi connectivity index (χ4v) is 2.35. The Hall–Kier alpha value is -3.72. The van der Waals surface area contributed by atoms with Gasteiger partial charge in [-0.15, -0.1) is 0 Å². The van der Waals surface area contributed by atoms with Crippen LogP contribution in [0.5, 0.6) is 0 Å². The molecular formula is C20H15FN4O. The van der Waals surface area contributed by atoms with E-state index in [1.165, 1.54) is 12.3 Å². The summed E-state index contributed by atoms with van der Waals surface area (Å²) < 4.78 is 13.6. The molecule has 0 saturated heterocycles. The third kappa shape index (κ3) is 4.02. The maximum absolute atomic E-state index is 13.6. The van der Waals surface area contributed by atoms with Crippen LogP contribution in [-0.2, 0) is 6.54 Å². The van der Waals surface area contributed by atoms with E-state index in [0.717, 1.165) is 0 Å². The summed E-state index contributed by atoms with van der Waals surface area (Å²) >= 11 is 0. The van der Waals surface area contributed by atoms with E-state index in [-0.39, 0.29) is 11.5 Å². The molecule has 3 aromatic rings. The Morgan fingerprint density at radius 2 is 1.85 bits per heavy atom. The van der Waals surface area contributed by atoms with Gasteiger partial charge in [0.2, 0.25) is 0 Å². The Morgan fingerprint density at radius 3 is 2.58 bits per heavy atom. The number of aromatic nitrogens is 1. The lowest BCUT2D eigenvalue weighted by molar-refractivity contribution is 0.102. The normalized spacial score (nSPS) is 10.0. The van der Waals surface area contributed by atoms with Gasteiger partial charge in [0, 0.05) is 12.1 Å². The van der Waals surface area contributed by atoms with Gasteiger partial charge in [-0.3, -0.25) is 4.79 Å². The van der Waals surface area contributed by atoms with Crippen molar-refractivity contribution in [3.8, 4) is 6.07 Å². The average Bonchev–Trinajstić information content (AvgIpc) is 2.68. The van der Waals surface area contributed by atoms with Crippen LogP contribution in [-0.4, -0.2) is 10.9 Å². The molecule has 0 radical (unpaired) electrons. The van der Waals surface area contributed by atoms with Gasteiger partial charge in [0.15, 0.2) is 0 Å². The van der Waals surface area contributed by atoms with Gasteiger partial charge in [-0.1, -0.05) is 30.3 Å². The van der Waals surface area contributed by atoms with Gasteiger partial charge in [0.25, 0.3) is 5.91 Å². The van der Waals surface area contributed by atoms with E-state index in [4.69, 9.17) is 5.26 Å². The number of carbonyl (C=O) groups excluding carboxylic acids is 1. The van der Waals surface area contributed by atoms with Crippen molar-refractivity contribution in [2.75, 3.05) is 10.6 Å². The van der Waals surface area contributed by atoms with Crippen molar-refractivity contribution >= 4 is 17.3 Å². The Morgan fingerprint density at radius 1 is 1.08 bits per heavy atom. The number of rotatable bonds is 5. The van der Waals surface area contributed by atoms with Crippen molar-refractivity contribution in [1.29, 1.82) is 5.26 Å². The number of carbonyl (C=O) groups is 1. The first-order chi connectivity index (χ1) is 12.7. The summed E-state index contributed by atoms with van der Waals surface area (Å²) in [6, 6.07) is 18.5. The second-order valence-electron chi connectivity index (χ2n) is 5.49. The van der Waals surface area contributed by atoms with Crippen LogP contribution < -0.4 is 10.6 Å². The van der Waals surface area contributed by atoms with Crippen LogP contribution in [0.4, 0.5) is 15.8 Å². The van der Waals surface area contributed by atoms with Crippen LogP contribution in [0.25, 0.3) is 0 Å². The zero-order chi connectivity index (χ0) is 18.4. The number of hydrogen-bond donors (Lipinski definition) is 2. The molecule has 26 heavy (non-hydrogen) atoms. The highest BCUT2D eigenvalue weighted by Gasteiger charge is 2.10. The molecule has 3 rings (SSSR count). The third-order valence-corrected chi connectivity index (χ3v) is 3.73. The van der Waals surface area contributed by atoms with Crippen molar-refractivity contribution < 1.29 is 9.18 Å². The molecule has 0 aliphatic heterocycles. The molecule has 6 heteroatoms. The largest absolute Gasteiger partial charge is 0.380 e. The molecular weight excluding hydrogens is 331 g/mol. The lowest BCUT2D eigenvalue weighted by Gasteiger charge is -2.09. The molecule has 0 spiro atoms. The van der Waals surface area contributed by atoms with Crippen molar-refractivity contribution in [2.24, 2.45) is 0 Å². The SMILES string of the molecule is N#Cc1ccccc1NC(=O)c1ccc(NCc2ccccc2F)cn1. The van der Waals surface area contributed by atoms with E-state index in [1.807, 2.05) is 6.07 Å². The third-order valence-electron chi connectivity index (χ3n) is 3.73. The maximum atomic E-state index is 13.6. The molecule has 0 aliphatic rings.